The third kappa shape index (κ3) is 5.54. The van der Waals surface area contributed by atoms with Gasteiger partial charge in [-0.05, 0) is 42.8 Å². The molecule has 0 saturated carbocycles. The standard InChI is InChI=1S/C21H21ClFN5O5S2/c1-28-17(21(30)25-11-3-5-14(23)13(22)7-11)9-16(27-35(28,31)32)20(29)24-10-19-26-15-6-4-12(33-2)8-18(15)34-19/h3-8,16-17,27H,9-10H2,1-2H3,(H,24,29)(H,25,30). The van der Waals surface area contributed by atoms with Crippen LogP contribution in [0.3, 0.4) is 0 Å². The summed E-state index contributed by atoms with van der Waals surface area (Å²) >= 11 is 7.11. The Morgan fingerprint density at radius 1 is 1.29 bits per heavy atom. The SMILES string of the molecule is COc1ccc2nc(CNC(=O)C3CC(C(=O)Nc4ccc(F)c(Cl)c4)N(C)S(=O)(=O)N3)sc2c1. The van der Waals surface area contributed by atoms with Crippen molar-refractivity contribution < 1.29 is 27.1 Å². The van der Waals surface area contributed by atoms with E-state index in [1.54, 1.807) is 19.2 Å². The molecule has 1 aromatic heterocycles. The molecule has 14 heteroatoms. The van der Waals surface area contributed by atoms with Gasteiger partial charge in [-0.3, -0.25) is 9.59 Å². The smallest absolute Gasteiger partial charge is 0.280 e. The van der Waals surface area contributed by atoms with Gasteiger partial charge in [-0.1, -0.05) is 11.6 Å². The number of carbonyl (C=O) groups excluding carboxylic acids is 2. The number of benzene rings is 2. The maximum Gasteiger partial charge on any atom is 0.280 e. The molecule has 186 valence electrons. The highest BCUT2D eigenvalue weighted by atomic mass is 35.5. The lowest BCUT2D eigenvalue weighted by Crippen LogP contribution is -2.62. The average molecular weight is 542 g/mol. The molecule has 4 rings (SSSR count). The predicted octanol–water partition coefficient (Wildman–Crippen LogP) is 2.26. The first-order valence-electron chi connectivity index (χ1n) is 10.3. The van der Waals surface area contributed by atoms with E-state index in [0.29, 0.717) is 10.8 Å². The number of anilines is 1. The van der Waals surface area contributed by atoms with Crippen molar-refractivity contribution in [2.75, 3.05) is 19.5 Å². The summed E-state index contributed by atoms with van der Waals surface area (Å²) in [6, 6.07) is 6.64. The van der Waals surface area contributed by atoms with Gasteiger partial charge in [0.15, 0.2) is 0 Å². The molecule has 1 fully saturated rings. The third-order valence-electron chi connectivity index (χ3n) is 5.43. The summed E-state index contributed by atoms with van der Waals surface area (Å²) in [6.45, 7) is 0.0828. The number of thiazole rings is 1. The fourth-order valence-corrected chi connectivity index (χ4v) is 5.89. The van der Waals surface area contributed by atoms with E-state index in [0.717, 1.165) is 20.6 Å². The maximum absolute atomic E-state index is 13.4. The molecule has 2 atom stereocenters. The number of nitrogens with one attached hydrogen (secondary N) is 3. The molecule has 2 heterocycles. The van der Waals surface area contributed by atoms with E-state index in [1.807, 2.05) is 6.07 Å². The van der Waals surface area contributed by atoms with E-state index in [2.05, 4.69) is 20.3 Å². The van der Waals surface area contributed by atoms with Gasteiger partial charge in [-0.25, -0.2) is 9.37 Å². The number of aromatic nitrogens is 1. The predicted molar refractivity (Wildman–Crippen MR) is 130 cm³/mol. The molecule has 0 spiro atoms. The lowest BCUT2D eigenvalue weighted by Gasteiger charge is -2.35. The highest BCUT2D eigenvalue weighted by Gasteiger charge is 2.42. The first kappa shape index (κ1) is 25.3. The van der Waals surface area contributed by atoms with Crippen LogP contribution in [0.4, 0.5) is 10.1 Å². The summed E-state index contributed by atoms with van der Waals surface area (Å²) in [4.78, 5) is 30.1. The number of carbonyl (C=O) groups is 2. The van der Waals surface area contributed by atoms with Crippen LogP contribution in [0.5, 0.6) is 5.75 Å². The molecule has 1 aliphatic rings. The second-order valence-corrected chi connectivity index (χ2v) is 11.0. The monoisotopic (exact) mass is 541 g/mol. The average Bonchev–Trinajstić information content (AvgIpc) is 3.23. The Balaban J connectivity index is 1.44. The quantitative estimate of drug-likeness (QED) is 0.439. The number of methoxy groups -OCH3 is 1. The highest BCUT2D eigenvalue weighted by Crippen LogP contribution is 2.26. The Morgan fingerprint density at radius 3 is 2.77 bits per heavy atom. The van der Waals surface area contributed by atoms with E-state index in [9.17, 15) is 22.4 Å². The number of hydrogen-bond donors (Lipinski definition) is 3. The minimum absolute atomic E-state index is 0.0828. The molecule has 2 unspecified atom stereocenters. The second kappa shape index (κ2) is 10.0. The molecule has 2 amide bonds. The lowest BCUT2D eigenvalue weighted by molar-refractivity contribution is -0.124. The Morgan fingerprint density at radius 2 is 2.06 bits per heavy atom. The van der Waals surface area contributed by atoms with Gasteiger partial charge in [-0.15, -0.1) is 11.3 Å². The zero-order valence-corrected chi connectivity index (χ0v) is 20.9. The van der Waals surface area contributed by atoms with Crippen LogP contribution in [0.2, 0.25) is 5.02 Å². The minimum atomic E-state index is -4.12. The van der Waals surface area contributed by atoms with Gasteiger partial charge >= 0.3 is 0 Å². The number of rotatable bonds is 6. The minimum Gasteiger partial charge on any atom is -0.497 e. The first-order valence-corrected chi connectivity index (χ1v) is 12.9. The summed E-state index contributed by atoms with van der Waals surface area (Å²) in [7, 11) is -1.33. The zero-order valence-electron chi connectivity index (χ0n) is 18.5. The molecule has 1 saturated heterocycles. The van der Waals surface area contributed by atoms with E-state index in [1.165, 1.54) is 30.5 Å². The van der Waals surface area contributed by atoms with Crippen LogP contribution < -0.4 is 20.1 Å². The van der Waals surface area contributed by atoms with Crippen molar-refractivity contribution in [1.82, 2.24) is 19.3 Å². The number of nitrogens with zero attached hydrogens (tertiary/aromatic N) is 2. The van der Waals surface area contributed by atoms with E-state index in [4.69, 9.17) is 16.3 Å². The second-order valence-electron chi connectivity index (χ2n) is 7.72. The van der Waals surface area contributed by atoms with Crippen molar-refractivity contribution in [3.05, 3.63) is 52.2 Å². The molecule has 0 radical (unpaired) electrons. The van der Waals surface area contributed by atoms with Crippen molar-refractivity contribution in [1.29, 1.82) is 0 Å². The van der Waals surface area contributed by atoms with Gasteiger partial charge in [0.05, 0.1) is 28.9 Å². The van der Waals surface area contributed by atoms with Gasteiger partial charge in [0.25, 0.3) is 10.2 Å². The Hall–Kier alpha value is -2.84. The van der Waals surface area contributed by atoms with Gasteiger partial charge in [0.2, 0.25) is 11.8 Å². The van der Waals surface area contributed by atoms with E-state index >= 15 is 0 Å². The summed E-state index contributed by atoms with van der Waals surface area (Å²) in [5, 5.41) is 5.62. The van der Waals surface area contributed by atoms with Gasteiger partial charge < -0.3 is 15.4 Å². The van der Waals surface area contributed by atoms with Crippen LogP contribution in [0.15, 0.2) is 36.4 Å². The fraction of sp³-hybridized carbons (Fsp3) is 0.286. The van der Waals surface area contributed by atoms with Crippen LogP contribution in [-0.2, 0) is 26.3 Å². The molecule has 3 aromatic rings. The summed E-state index contributed by atoms with van der Waals surface area (Å²) < 4.78 is 47.8. The van der Waals surface area contributed by atoms with Crippen LogP contribution in [-0.4, -0.2) is 55.8 Å². The van der Waals surface area contributed by atoms with Crippen LogP contribution >= 0.6 is 22.9 Å². The number of likely N-dealkylation sites (N-methyl/N-ethyl adjacent to an activating group) is 1. The highest BCUT2D eigenvalue weighted by molar-refractivity contribution is 7.87. The Labute approximate surface area is 209 Å². The van der Waals surface area contributed by atoms with Gasteiger partial charge in [0, 0.05) is 12.7 Å². The van der Waals surface area contributed by atoms with Crippen LogP contribution in [0, 0.1) is 5.82 Å². The van der Waals surface area contributed by atoms with Crippen molar-refractivity contribution in [3.63, 3.8) is 0 Å². The molecule has 0 bridgehead atoms. The van der Waals surface area contributed by atoms with Crippen LogP contribution in [0.25, 0.3) is 10.2 Å². The summed E-state index contributed by atoms with van der Waals surface area (Å²) in [6.07, 6.45) is -0.126. The fourth-order valence-electron chi connectivity index (χ4n) is 3.52. The van der Waals surface area contributed by atoms with Crippen LogP contribution in [0.1, 0.15) is 11.4 Å². The van der Waals surface area contributed by atoms with Crippen molar-refractivity contribution >= 4 is 60.9 Å². The molecule has 35 heavy (non-hydrogen) atoms. The van der Waals surface area contributed by atoms with Gasteiger partial charge in [-0.2, -0.15) is 17.4 Å². The third-order valence-corrected chi connectivity index (χ3v) is 8.33. The topological polar surface area (TPSA) is 130 Å². The molecule has 1 aliphatic heterocycles. The first-order chi connectivity index (χ1) is 16.6. The van der Waals surface area contributed by atoms with Crippen molar-refractivity contribution in [2.24, 2.45) is 0 Å². The van der Waals surface area contributed by atoms with E-state index < -0.39 is 39.9 Å². The number of hydrogen-bond acceptors (Lipinski definition) is 7. The molecule has 0 aliphatic carbocycles. The number of ether oxygens (including phenoxy) is 1. The molecule has 2 aromatic carbocycles. The number of fused-ring (bicyclic) bond motifs is 1. The molecule has 3 N–H and O–H groups in total. The van der Waals surface area contributed by atoms with Gasteiger partial charge in [0.1, 0.15) is 28.7 Å². The summed E-state index contributed by atoms with van der Waals surface area (Å²) in [5.74, 6) is -1.25. The number of amides is 2. The normalized spacial score (nSPS) is 19.9. The number of halogens is 2. The van der Waals surface area contributed by atoms with E-state index in [-0.39, 0.29) is 23.7 Å². The largest absolute Gasteiger partial charge is 0.497 e. The van der Waals surface area contributed by atoms with Crippen molar-refractivity contribution in [3.8, 4) is 5.75 Å². The lowest BCUT2D eigenvalue weighted by atomic mass is 10.1. The Kier molecular flexibility index (Phi) is 7.24. The molecule has 10 nitrogen and oxygen atoms in total. The van der Waals surface area contributed by atoms with Crippen molar-refractivity contribution in [2.45, 2.75) is 25.0 Å². The zero-order chi connectivity index (χ0) is 25.3. The summed E-state index contributed by atoms with van der Waals surface area (Å²) in [5.41, 5.74) is 0.942. The maximum atomic E-state index is 13.4. The molecular formula is C21H21ClFN5O5S2. The molecular weight excluding hydrogens is 521 g/mol. The Bertz CT molecular complexity index is 1400.